The van der Waals surface area contributed by atoms with Crippen LogP contribution in [0.1, 0.15) is 31.6 Å². The van der Waals surface area contributed by atoms with Crippen molar-refractivity contribution >= 4 is 32.8 Å². The van der Waals surface area contributed by atoms with Crippen molar-refractivity contribution in [1.29, 1.82) is 0 Å². The molecule has 1 fully saturated rings. The van der Waals surface area contributed by atoms with Crippen LogP contribution in [0.3, 0.4) is 0 Å². The maximum Gasteiger partial charge on any atom is 0.339 e. The van der Waals surface area contributed by atoms with Gasteiger partial charge in [0, 0.05) is 23.4 Å². The average Bonchev–Trinajstić information content (AvgIpc) is 3.69. The number of fused-ring (bicyclic) bond motifs is 1. The van der Waals surface area contributed by atoms with Crippen molar-refractivity contribution in [3.8, 4) is 17.1 Å². The molecule has 2 aromatic heterocycles. The molecule has 0 unspecified atom stereocenters. The second-order valence-corrected chi connectivity index (χ2v) is 10.7. The smallest absolute Gasteiger partial charge is 0.339 e. The number of nitrogens with one attached hydrogen (secondary N) is 3. The van der Waals surface area contributed by atoms with Gasteiger partial charge in [0.25, 0.3) is 0 Å². The molecule has 1 saturated carbocycles. The molecule has 0 spiro atoms. The van der Waals surface area contributed by atoms with Crippen LogP contribution in [-0.2, 0) is 16.7 Å². The van der Waals surface area contributed by atoms with Gasteiger partial charge in [-0.25, -0.2) is 4.98 Å². The lowest BCUT2D eigenvalue weighted by Crippen LogP contribution is -2.14. The maximum absolute atomic E-state index is 12.9. The van der Waals surface area contributed by atoms with Crippen LogP contribution in [0, 0.1) is 0 Å². The van der Waals surface area contributed by atoms with Crippen LogP contribution in [0.15, 0.2) is 82.2 Å². The highest BCUT2D eigenvalue weighted by Gasteiger charge is 2.19. The Balaban J connectivity index is 1.10. The van der Waals surface area contributed by atoms with Gasteiger partial charge in [-0.3, -0.25) is 0 Å². The molecular weight excluding hydrogens is 504 g/mol. The molecule has 0 aliphatic heterocycles. The summed E-state index contributed by atoms with van der Waals surface area (Å²) in [4.78, 5) is 12.1. The lowest BCUT2D eigenvalue weighted by molar-refractivity contribution is 0.384. The van der Waals surface area contributed by atoms with E-state index in [-0.39, 0.29) is 17.2 Å². The Labute approximate surface area is 219 Å². The molecule has 0 bridgehead atoms. The zero-order valence-electron chi connectivity index (χ0n) is 20.4. The summed E-state index contributed by atoms with van der Waals surface area (Å²) in [6.07, 6.45) is 4.74. The monoisotopic (exact) mass is 530 g/mol. The van der Waals surface area contributed by atoms with Gasteiger partial charge in [-0.1, -0.05) is 48.3 Å². The van der Waals surface area contributed by atoms with Crippen molar-refractivity contribution in [1.82, 2.24) is 20.1 Å². The molecule has 6 rings (SSSR count). The molecule has 0 atom stereocenters. The largest absolute Gasteiger partial charge is 0.382 e. The molecule has 0 radical (unpaired) electrons. The predicted octanol–water partition coefficient (Wildman–Crippen LogP) is 5.35. The van der Waals surface area contributed by atoms with Crippen LogP contribution in [0.5, 0.6) is 5.75 Å². The first-order valence-electron chi connectivity index (χ1n) is 12.4. The minimum absolute atomic E-state index is 0.0935. The molecule has 5 aromatic rings. The molecule has 0 amide bonds. The van der Waals surface area contributed by atoms with Crippen molar-refractivity contribution in [2.45, 2.75) is 43.2 Å². The number of hydrogen-bond acceptors (Lipinski definition) is 9. The van der Waals surface area contributed by atoms with Gasteiger partial charge in [-0.15, -0.1) is 0 Å². The van der Waals surface area contributed by atoms with Crippen LogP contribution in [0.2, 0.25) is 0 Å². The number of hydrogen-bond donors (Lipinski definition) is 3. The first kappa shape index (κ1) is 24.0. The minimum Gasteiger partial charge on any atom is -0.382 e. The van der Waals surface area contributed by atoms with Gasteiger partial charge >= 0.3 is 10.1 Å². The van der Waals surface area contributed by atoms with Crippen molar-refractivity contribution < 1.29 is 17.1 Å². The van der Waals surface area contributed by atoms with Crippen molar-refractivity contribution in [2.75, 3.05) is 10.6 Å². The first-order chi connectivity index (χ1) is 18.5. The zero-order chi connectivity index (χ0) is 26.0. The van der Waals surface area contributed by atoms with Crippen LogP contribution in [0.4, 0.5) is 11.6 Å². The standard InChI is InChI=1S/C27H26N6O4S/c34-38(35,22-13-10-20(11-14-22)29-19-8-4-5-9-19)37-21-12-15-23-24(16-21)31-27(30-23)28-17-25-32-26(33-36-25)18-6-2-1-3-7-18/h1-3,6-7,10-16,19,29H,4-5,8-9,17H2,(H2,28,30,31). The topological polar surface area (TPSA) is 135 Å². The lowest BCUT2D eigenvalue weighted by Gasteiger charge is -2.14. The number of anilines is 2. The van der Waals surface area contributed by atoms with Gasteiger partial charge in [0.05, 0.1) is 17.6 Å². The van der Waals surface area contributed by atoms with Gasteiger partial charge < -0.3 is 24.3 Å². The number of imidazole rings is 1. The summed E-state index contributed by atoms with van der Waals surface area (Å²) in [7, 11) is -3.99. The summed E-state index contributed by atoms with van der Waals surface area (Å²) in [5.41, 5.74) is 3.04. The Morgan fingerprint density at radius 3 is 2.55 bits per heavy atom. The van der Waals surface area contributed by atoms with E-state index in [0.717, 1.165) is 24.1 Å². The molecular formula is C27H26N6O4S. The summed E-state index contributed by atoms with van der Waals surface area (Å²) >= 11 is 0. The molecule has 10 nitrogen and oxygen atoms in total. The van der Waals surface area contributed by atoms with Crippen molar-refractivity contribution in [3.63, 3.8) is 0 Å². The summed E-state index contributed by atoms with van der Waals surface area (Å²) in [6, 6.07) is 21.5. The SMILES string of the molecule is O=S(=O)(Oc1ccc2nc(NCc3nc(-c4ccccc4)no3)[nH]c2c1)c1ccc(NC2CCCC2)cc1. The average molecular weight is 531 g/mol. The van der Waals surface area contributed by atoms with Crippen LogP contribution < -0.4 is 14.8 Å². The second kappa shape index (κ2) is 10.2. The highest BCUT2D eigenvalue weighted by Crippen LogP contribution is 2.26. The Hall–Kier alpha value is -4.38. The summed E-state index contributed by atoms with van der Waals surface area (Å²) < 4.78 is 36.4. The third-order valence-electron chi connectivity index (χ3n) is 6.44. The van der Waals surface area contributed by atoms with Crippen LogP contribution in [0.25, 0.3) is 22.4 Å². The normalized spacial score (nSPS) is 14.1. The third kappa shape index (κ3) is 5.32. The predicted molar refractivity (Wildman–Crippen MR) is 143 cm³/mol. The molecule has 1 aliphatic carbocycles. The second-order valence-electron chi connectivity index (χ2n) is 9.18. The lowest BCUT2D eigenvalue weighted by atomic mass is 10.2. The number of aromatic amines is 1. The number of aromatic nitrogens is 4. The third-order valence-corrected chi connectivity index (χ3v) is 7.70. The van der Waals surface area contributed by atoms with Crippen molar-refractivity contribution in [3.05, 3.63) is 78.7 Å². The summed E-state index contributed by atoms with van der Waals surface area (Å²) in [6.45, 7) is 0.267. The van der Waals surface area contributed by atoms with Crippen molar-refractivity contribution in [2.24, 2.45) is 0 Å². The Morgan fingerprint density at radius 2 is 1.76 bits per heavy atom. The number of benzene rings is 3. The Kier molecular flexibility index (Phi) is 6.42. The molecule has 194 valence electrons. The van der Waals surface area contributed by atoms with E-state index in [1.54, 1.807) is 42.5 Å². The fraction of sp³-hybridized carbons (Fsp3) is 0.222. The molecule has 2 heterocycles. The highest BCUT2D eigenvalue weighted by atomic mass is 32.2. The van der Waals surface area contributed by atoms with E-state index in [0.29, 0.717) is 34.7 Å². The van der Waals surface area contributed by atoms with E-state index in [1.807, 2.05) is 30.3 Å². The molecule has 11 heteroatoms. The van der Waals surface area contributed by atoms with E-state index < -0.39 is 10.1 Å². The maximum atomic E-state index is 12.9. The summed E-state index contributed by atoms with van der Waals surface area (Å²) in [5.74, 6) is 1.58. The van der Waals surface area contributed by atoms with E-state index in [4.69, 9.17) is 8.71 Å². The van der Waals surface area contributed by atoms with Gasteiger partial charge in [0.15, 0.2) is 0 Å². The molecule has 0 saturated heterocycles. The van der Waals surface area contributed by atoms with Gasteiger partial charge in [0.2, 0.25) is 17.7 Å². The molecule has 1 aliphatic rings. The molecule has 3 aromatic carbocycles. The van der Waals surface area contributed by atoms with Gasteiger partial charge in [-0.2, -0.15) is 13.4 Å². The Bertz CT molecular complexity index is 1640. The zero-order valence-corrected chi connectivity index (χ0v) is 21.2. The van der Waals surface area contributed by atoms with Crippen LogP contribution in [-0.4, -0.2) is 34.6 Å². The van der Waals surface area contributed by atoms with E-state index in [9.17, 15) is 8.42 Å². The number of nitrogens with zero attached hydrogens (tertiary/aromatic N) is 3. The van der Waals surface area contributed by atoms with E-state index >= 15 is 0 Å². The van der Waals surface area contributed by atoms with Gasteiger partial charge in [-0.05, 0) is 49.2 Å². The quantitative estimate of drug-likeness (QED) is 0.216. The Morgan fingerprint density at radius 1 is 0.974 bits per heavy atom. The van der Waals surface area contributed by atoms with Crippen LogP contribution >= 0.6 is 0 Å². The molecule has 3 N–H and O–H groups in total. The number of rotatable bonds is 9. The summed E-state index contributed by atoms with van der Waals surface area (Å²) in [5, 5.41) is 10.6. The first-order valence-corrected chi connectivity index (χ1v) is 13.9. The number of H-pyrrole nitrogens is 1. The van der Waals surface area contributed by atoms with E-state index in [2.05, 4.69) is 30.7 Å². The fourth-order valence-electron chi connectivity index (χ4n) is 4.51. The molecule has 38 heavy (non-hydrogen) atoms. The van der Waals surface area contributed by atoms with Gasteiger partial charge in [0.1, 0.15) is 10.6 Å². The van der Waals surface area contributed by atoms with E-state index in [1.165, 1.54) is 12.8 Å². The minimum atomic E-state index is -3.99. The highest BCUT2D eigenvalue weighted by molar-refractivity contribution is 7.87. The fourth-order valence-corrected chi connectivity index (χ4v) is 5.44.